The number of rotatable bonds is 4. The highest BCUT2D eigenvalue weighted by atomic mass is 16.5. The molecule has 0 unspecified atom stereocenters. The quantitative estimate of drug-likeness (QED) is 0.347. The van der Waals surface area contributed by atoms with Crippen LogP contribution in [0.1, 0.15) is 56.1 Å². The van der Waals surface area contributed by atoms with E-state index in [2.05, 4.69) is 20.4 Å². The second-order valence-electron chi connectivity index (χ2n) is 8.35. The fraction of sp³-hybridized carbons (Fsp3) is 0.192. The fourth-order valence-electron chi connectivity index (χ4n) is 4.43. The van der Waals surface area contributed by atoms with Gasteiger partial charge < -0.3 is 25.5 Å². The summed E-state index contributed by atoms with van der Waals surface area (Å²) in [5.41, 5.74) is 5.38. The number of benzene rings is 2. The molecule has 2 heterocycles. The number of aryl methyl sites for hydroxylation is 1. The summed E-state index contributed by atoms with van der Waals surface area (Å²) in [5.74, 6) is -0.906. The third-order valence-corrected chi connectivity index (χ3v) is 6.21. The van der Waals surface area contributed by atoms with Gasteiger partial charge in [-0.05, 0) is 74.2 Å². The first-order valence-electron chi connectivity index (χ1n) is 11.0. The molecule has 8 heteroatoms. The number of aromatic amines is 1. The Hall–Kier alpha value is -4.33. The van der Waals surface area contributed by atoms with E-state index in [1.54, 1.807) is 36.4 Å². The number of aromatic hydroxyl groups is 1. The Morgan fingerprint density at radius 1 is 1.06 bits per heavy atom. The predicted octanol–water partition coefficient (Wildman–Crippen LogP) is 4.13. The summed E-state index contributed by atoms with van der Waals surface area (Å²) in [6.07, 6.45) is 5.46. The summed E-state index contributed by atoms with van der Waals surface area (Å²) >= 11 is 0. The second-order valence-corrected chi connectivity index (χ2v) is 8.35. The molecule has 8 nitrogen and oxygen atoms in total. The average molecular weight is 457 g/mol. The molecule has 34 heavy (non-hydrogen) atoms. The van der Waals surface area contributed by atoms with Gasteiger partial charge in [0.05, 0.1) is 23.9 Å². The highest BCUT2D eigenvalue weighted by Crippen LogP contribution is 2.38. The van der Waals surface area contributed by atoms with Crippen LogP contribution in [0.4, 0.5) is 11.4 Å². The minimum atomic E-state index is -0.476. The summed E-state index contributed by atoms with van der Waals surface area (Å²) in [5, 5.41) is 16.3. The number of fused-ring (bicyclic) bond motifs is 2. The van der Waals surface area contributed by atoms with Crippen molar-refractivity contribution in [2.75, 3.05) is 17.7 Å². The first-order chi connectivity index (χ1) is 16.4. The summed E-state index contributed by atoms with van der Waals surface area (Å²) in [6.45, 7) is 0. The van der Waals surface area contributed by atoms with Crippen molar-refractivity contribution in [1.29, 1.82) is 0 Å². The smallest absolute Gasteiger partial charge is 0.337 e. The Balaban J connectivity index is 1.41. The zero-order chi connectivity index (χ0) is 23.8. The second kappa shape index (κ2) is 8.55. The van der Waals surface area contributed by atoms with Crippen molar-refractivity contribution in [2.45, 2.75) is 25.7 Å². The largest absolute Gasteiger partial charge is 0.505 e. The lowest BCUT2D eigenvalue weighted by Crippen LogP contribution is -2.12. The molecule has 172 valence electrons. The number of carbonyl (C=O) groups excluding carboxylic acids is 3. The van der Waals surface area contributed by atoms with Gasteiger partial charge in [0.2, 0.25) is 0 Å². The van der Waals surface area contributed by atoms with Gasteiger partial charge in [-0.25, -0.2) is 4.79 Å². The van der Waals surface area contributed by atoms with Gasteiger partial charge in [-0.2, -0.15) is 0 Å². The molecule has 2 aliphatic rings. The van der Waals surface area contributed by atoms with Crippen molar-refractivity contribution in [3.05, 3.63) is 76.1 Å². The van der Waals surface area contributed by atoms with Gasteiger partial charge in [-0.1, -0.05) is 0 Å². The van der Waals surface area contributed by atoms with Gasteiger partial charge in [0, 0.05) is 33.8 Å². The molecule has 5 rings (SSSR count). The molecule has 0 fully saturated rings. The monoisotopic (exact) mass is 457 g/mol. The van der Waals surface area contributed by atoms with E-state index in [-0.39, 0.29) is 17.6 Å². The number of carbonyl (C=O) groups is 3. The molecule has 1 aromatic heterocycles. The molecule has 1 aliphatic heterocycles. The normalized spacial score (nSPS) is 15.4. The van der Waals surface area contributed by atoms with Gasteiger partial charge in [0.1, 0.15) is 5.75 Å². The van der Waals surface area contributed by atoms with Crippen molar-refractivity contribution in [3.63, 3.8) is 0 Å². The molecule has 0 atom stereocenters. The predicted molar refractivity (Wildman–Crippen MR) is 128 cm³/mol. The number of esters is 1. The van der Waals surface area contributed by atoms with Crippen LogP contribution in [0.25, 0.3) is 11.6 Å². The molecule has 4 N–H and O–H groups in total. The number of anilines is 2. The Labute approximate surface area is 195 Å². The third kappa shape index (κ3) is 3.83. The maximum Gasteiger partial charge on any atom is 0.337 e. The Bertz CT molecular complexity index is 1350. The molecule has 0 radical (unpaired) electrons. The van der Waals surface area contributed by atoms with Gasteiger partial charge in [-0.3, -0.25) is 9.59 Å². The van der Waals surface area contributed by atoms with E-state index in [1.807, 2.05) is 0 Å². The highest BCUT2D eigenvalue weighted by Gasteiger charge is 2.27. The lowest BCUT2D eigenvalue weighted by molar-refractivity contribution is -0.110. The maximum absolute atomic E-state index is 12.7. The first kappa shape index (κ1) is 21.5. The van der Waals surface area contributed by atoms with Crippen LogP contribution in [0.5, 0.6) is 5.75 Å². The molecule has 0 bridgehead atoms. The van der Waals surface area contributed by atoms with Crippen LogP contribution in [-0.4, -0.2) is 35.0 Å². The van der Waals surface area contributed by atoms with E-state index in [1.165, 1.54) is 19.2 Å². The molecular weight excluding hydrogens is 434 g/mol. The lowest BCUT2D eigenvalue weighted by atomic mass is 9.97. The standard InChI is InChI=1S/C26H23N3O5/c1-34-26(33)15-8-6-14(7-9-15)24(31)27-16-10-11-21-18(12-16)19(25(32)29-21)13-22-23(30)17-4-2-3-5-20(17)28-22/h6-13,28,30H,2-5H2,1H3,(H,27,31)(H,29,32). The minimum absolute atomic E-state index is 0.198. The van der Waals surface area contributed by atoms with Gasteiger partial charge >= 0.3 is 5.97 Å². The average Bonchev–Trinajstić information content (AvgIpc) is 3.34. The molecular formula is C26H23N3O5. The van der Waals surface area contributed by atoms with Gasteiger partial charge in [-0.15, -0.1) is 0 Å². The van der Waals surface area contributed by atoms with Crippen LogP contribution in [0.2, 0.25) is 0 Å². The third-order valence-electron chi connectivity index (χ3n) is 6.21. The molecule has 0 saturated heterocycles. The van der Waals surface area contributed by atoms with Crippen LogP contribution in [0.3, 0.4) is 0 Å². The highest BCUT2D eigenvalue weighted by molar-refractivity contribution is 6.35. The number of hydrogen-bond acceptors (Lipinski definition) is 5. The topological polar surface area (TPSA) is 121 Å². The van der Waals surface area contributed by atoms with Crippen molar-refractivity contribution in [2.24, 2.45) is 0 Å². The van der Waals surface area contributed by atoms with Crippen LogP contribution in [0.15, 0.2) is 42.5 Å². The van der Waals surface area contributed by atoms with E-state index in [0.29, 0.717) is 39.3 Å². The number of methoxy groups -OCH3 is 1. The molecule has 2 aromatic carbocycles. The van der Waals surface area contributed by atoms with E-state index in [0.717, 1.165) is 36.9 Å². The van der Waals surface area contributed by atoms with E-state index >= 15 is 0 Å². The van der Waals surface area contributed by atoms with Crippen LogP contribution < -0.4 is 10.6 Å². The zero-order valence-electron chi connectivity index (χ0n) is 18.5. The Morgan fingerprint density at radius 3 is 2.53 bits per heavy atom. The summed E-state index contributed by atoms with van der Waals surface area (Å²) in [7, 11) is 1.30. The summed E-state index contributed by atoms with van der Waals surface area (Å²) in [4.78, 5) is 40.2. The van der Waals surface area contributed by atoms with Crippen LogP contribution in [0, 0.1) is 0 Å². The maximum atomic E-state index is 12.7. The zero-order valence-corrected chi connectivity index (χ0v) is 18.5. The minimum Gasteiger partial charge on any atom is -0.505 e. The summed E-state index contributed by atoms with van der Waals surface area (Å²) < 4.78 is 4.67. The van der Waals surface area contributed by atoms with Crippen LogP contribution >= 0.6 is 0 Å². The molecule has 2 amide bonds. The SMILES string of the molecule is COC(=O)c1ccc(C(=O)Nc2ccc3c(c2)C(=Cc2[nH]c4c(c2O)CCCC4)C(=O)N3)cc1. The molecule has 1 aliphatic carbocycles. The Kier molecular flexibility index (Phi) is 5.41. The number of hydrogen-bond donors (Lipinski definition) is 4. The molecule has 3 aromatic rings. The summed E-state index contributed by atoms with van der Waals surface area (Å²) in [6, 6.07) is 11.3. The lowest BCUT2D eigenvalue weighted by Gasteiger charge is -2.09. The van der Waals surface area contributed by atoms with Crippen molar-refractivity contribution >= 4 is 40.8 Å². The number of aromatic nitrogens is 1. The van der Waals surface area contributed by atoms with Crippen molar-refractivity contribution in [1.82, 2.24) is 4.98 Å². The van der Waals surface area contributed by atoms with E-state index in [4.69, 9.17) is 0 Å². The van der Waals surface area contributed by atoms with Gasteiger partial charge in [0.15, 0.2) is 0 Å². The fourth-order valence-corrected chi connectivity index (χ4v) is 4.43. The number of amides is 2. The number of H-pyrrole nitrogens is 1. The number of nitrogens with one attached hydrogen (secondary N) is 3. The van der Waals surface area contributed by atoms with Gasteiger partial charge in [0.25, 0.3) is 11.8 Å². The molecule has 0 saturated carbocycles. The van der Waals surface area contributed by atoms with Crippen molar-refractivity contribution in [3.8, 4) is 5.75 Å². The van der Waals surface area contributed by atoms with Crippen LogP contribution in [-0.2, 0) is 22.4 Å². The molecule has 0 spiro atoms. The van der Waals surface area contributed by atoms with E-state index < -0.39 is 5.97 Å². The Morgan fingerprint density at radius 2 is 1.79 bits per heavy atom. The number of ether oxygens (including phenoxy) is 1. The van der Waals surface area contributed by atoms with Crippen molar-refractivity contribution < 1.29 is 24.2 Å². The van der Waals surface area contributed by atoms with E-state index in [9.17, 15) is 19.5 Å². The first-order valence-corrected chi connectivity index (χ1v) is 11.0.